The molecule has 1 aliphatic rings. The maximum absolute atomic E-state index is 4.07. The van der Waals surface area contributed by atoms with Gasteiger partial charge in [-0.05, 0) is 25.5 Å². The van der Waals surface area contributed by atoms with Gasteiger partial charge < -0.3 is 5.32 Å². The summed E-state index contributed by atoms with van der Waals surface area (Å²) in [6, 6.07) is 1.40. The highest BCUT2D eigenvalue weighted by molar-refractivity contribution is 5.01. The Bertz CT molecular complexity index is 171. The highest BCUT2D eigenvalue weighted by Gasteiger charge is 2.25. The molecule has 1 saturated carbocycles. The zero-order chi connectivity index (χ0) is 9.84. The van der Waals surface area contributed by atoms with E-state index < -0.39 is 0 Å². The van der Waals surface area contributed by atoms with Crippen molar-refractivity contribution in [3.8, 4) is 0 Å². The molecule has 2 heteroatoms. The normalized spacial score (nSPS) is 17.0. The van der Waals surface area contributed by atoms with Crippen molar-refractivity contribution in [2.24, 2.45) is 0 Å². The molecule has 76 valence electrons. The molecule has 0 bridgehead atoms. The Hall–Kier alpha value is -0.340. The standard InChI is InChI=1S/C11H22N2/c1-9(2)12-7-10(3)8-13(4)11-5-6-11/h9,11-12H,3,5-8H2,1-2,4H3. The largest absolute Gasteiger partial charge is 0.311 e. The van der Waals surface area contributed by atoms with Gasteiger partial charge in [0, 0.05) is 25.2 Å². The van der Waals surface area contributed by atoms with Crippen LogP contribution in [0.5, 0.6) is 0 Å². The van der Waals surface area contributed by atoms with E-state index >= 15 is 0 Å². The molecule has 0 unspecified atom stereocenters. The zero-order valence-electron chi connectivity index (χ0n) is 9.14. The number of nitrogens with zero attached hydrogens (tertiary/aromatic N) is 1. The molecule has 0 atom stereocenters. The van der Waals surface area contributed by atoms with Gasteiger partial charge in [-0.15, -0.1) is 0 Å². The van der Waals surface area contributed by atoms with E-state index in [2.05, 4.69) is 37.7 Å². The quantitative estimate of drug-likeness (QED) is 0.628. The van der Waals surface area contributed by atoms with Crippen LogP contribution in [0.1, 0.15) is 26.7 Å². The van der Waals surface area contributed by atoms with E-state index in [1.165, 1.54) is 18.4 Å². The Kier molecular flexibility index (Phi) is 3.94. The van der Waals surface area contributed by atoms with Gasteiger partial charge in [0.1, 0.15) is 0 Å². The lowest BCUT2D eigenvalue weighted by Crippen LogP contribution is -2.30. The topological polar surface area (TPSA) is 15.3 Å². The third-order valence-electron chi connectivity index (χ3n) is 2.40. The first-order valence-corrected chi connectivity index (χ1v) is 5.20. The van der Waals surface area contributed by atoms with Crippen molar-refractivity contribution in [3.05, 3.63) is 12.2 Å². The lowest BCUT2D eigenvalue weighted by Gasteiger charge is -2.18. The summed E-state index contributed by atoms with van der Waals surface area (Å²) in [5, 5.41) is 3.38. The number of nitrogens with one attached hydrogen (secondary N) is 1. The fourth-order valence-corrected chi connectivity index (χ4v) is 1.40. The molecule has 1 rings (SSSR count). The monoisotopic (exact) mass is 182 g/mol. The van der Waals surface area contributed by atoms with E-state index in [9.17, 15) is 0 Å². The first-order valence-electron chi connectivity index (χ1n) is 5.20. The van der Waals surface area contributed by atoms with Crippen LogP contribution in [0.2, 0.25) is 0 Å². The maximum Gasteiger partial charge on any atom is 0.0202 e. The molecule has 1 N–H and O–H groups in total. The zero-order valence-corrected chi connectivity index (χ0v) is 9.14. The summed E-state index contributed by atoms with van der Waals surface area (Å²) < 4.78 is 0. The average molecular weight is 182 g/mol. The van der Waals surface area contributed by atoms with Gasteiger partial charge in [0.05, 0.1) is 0 Å². The minimum Gasteiger partial charge on any atom is -0.311 e. The van der Waals surface area contributed by atoms with Crippen molar-refractivity contribution in [2.75, 3.05) is 20.1 Å². The van der Waals surface area contributed by atoms with Crippen molar-refractivity contribution < 1.29 is 0 Å². The highest BCUT2D eigenvalue weighted by Crippen LogP contribution is 2.25. The van der Waals surface area contributed by atoms with Crippen LogP contribution in [0, 0.1) is 0 Å². The molecule has 0 aliphatic heterocycles. The molecule has 1 aliphatic carbocycles. The van der Waals surface area contributed by atoms with Crippen LogP contribution in [0.15, 0.2) is 12.2 Å². The van der Waals surface area contributed by atoms with Crippen LogP contribution in [-0.4, -0.2) is 37.1 Å². The Morgan fingerprint density at radius 2 is 2.15 bits per heavy atom. The van der Waals surface area contributed by atoms with Gasteiger partial charge in [-0.1, -0.05) is 20.4 Å². The molecule has 0 spiro atoms. The third kappa shape index (κ3) is 4.44. The molecule has 0 heterocycles. The van der Waals surface area contributed by atoms with Gasteiger partial charge in [0.15, 0.2) is 0 Å². The van der Waals surface area contributed by atoms with E-state index in [4.69, 9.17) is 0 Å². The van der Waals surface area contributed by atoms with Crippen LogP contribution < -0.4 is 5.32 Å². The van der Waals surface area contributed by atoms with Crippen molar-refractivity contribution in [1.82, 2.24) is 10.2 Å². The molecule has 0 radical (unpaired) electrons. The summed E-state index contributed by atoms with van der Waals surface area (Å²) in [6.45, 7) is 10.4. The summed E-state index contributed by atoms with van der Waals surface area (Å²) >= 11 is 0. The highest BCUT2D eigenvalue weighted by atomic mass is 15.2. The SMILES string of the molecule is C=C(CNC(C)C)CN(C)C1CC1. The third-order valence-corrected chi connectivity index (χ3v) is 2.40. The molecular weight excluding hydrogens is 160 g/mol. The van der Waals surface area contributed by atoms with Gasteiger partial charge in [0.2, 0.25) is 0 Å². The van der Waals surface area contributed by atoms with Crippen LogP contribution >= 0.6 is 0 Å². The van der Waals surface area contributed by atoms with E-state index in [0.717, 1.165) is 19.1 Å². The predicted molar refractivity (Wildman–Crippen MR) is 57.9 cm³/mol. The average Bonchev–Trinajstić information content (AvgIpc) is 2.82. The molecular formula is C11H22N2. The van der Waals surface area contributed by atoms with E-state index in [-0.39, 0.29) is 0 Å². The number of likely N-dealkylation sites (N-methyl/N-ethyl adjacent to an activating group) is 1. The Morgan fingerprint density at radius 1 is 1.54 bits per heavy atom. The summed E-state index contributed by atoms with van der Waals surface area (Å²) in [5.41, 5.74) is 1.29. The second kappa shape index (κ2) is 4.77. The first-order chi connectivity index (χ1) is 6.09. The number of hydrogen-bond acceptors (Lipinski definition) is 2. The fraction of sp³-hybridized carbons (Fsp3) is 0.818. The predicted octanol–water partition coefficient (Wildman–Crippen LogP) is 1.63. The number of rotatable bonds is 6. The summed E-state index contributed by atoms with van der Waals surface area (Å²) in [6.07, 6.45) is 2.75. The smallest absolute Gasteiger partial charge is 0.0202 e. The minimum absolute atomic E-state index is 0.558. The molecule has 2 nitrogen and oxygen atoms in total. The van der Waals surface area contributed by atoms with Crippen molar-refractivity contribution in [1.29, 1.82) is 0 Å². The maximum atomic E-state index is 4.07. The lowest BCUT2D eigenvalue weighted by atomic mass is 10.2. The second-order valence-corrected chi connectivity index (χ2v) is 4.43. The van der Waals surface area contributed by atoms with E-state index in [1.54, 1.807) is 0 Å². The molecule has 13 heavy (non-hydrogen) atoms. The summed E-state index contributed by atoms with van der Waals surface area (Å²) in [7, 11) is 2.19. The molecule has 0 aromatic carbocycles. The molecule has 0 aromatic heterocycles. The van der Waals surface area contributed by atoms with E-state index in [0.29, 0.717) is 6.04 Å². The van der Waals surface area contributed by atoms with Gasteiger partial charge in [0.25, 0.3) is 0 Å². The van der Waals surface area contributed by atoms with E-state index in [1.807, 2.05) is 0 Å². The van der Waals surface area contributed by atoms with Crippen LogP contribution in [0.4, 0.5) is 0 Å². The van der Waals surface area contributed by atoms with Crippen molar-refractivity contribution in [3.63, 3.8) is 0 Å². The molecule has 0 amide bonds. The summed E-state index contributed by atoms with van der Waals surface area (Å²) in [5.74, 6) is 0. The fourth-order valence-electron chi connectivity index (χ4n) is 1.40. The van der Waals surface area contributed by atoms with Crippen LogP contribution in [0.25, 0.3) is 0 Å². The minimum atomic E-state index is 0.558. The second-order valence-electron chi connectivity index (χ2n) is 4.43. The number of hydrogen-bond donors (Lipinski definition) is 1. The molecule has 1 fully saturated rings. The Labute approximate surface area is 82.0 Å². The van der Waals surface area contributed by atoms with Crippen LogP contribution in [0.3, 0.4) is 0 Å². The lowest BCUT2D eigenvalue weighted by molar-refractivity contribution is 0.348. The van der Waals surface area contributed by atoms with Gasteiger partial charge in [-0.3, -0.25) is 4.90 Å². The molecule has 0 saturated heterocycles. The van der Waals surface area contributed by atoms with Gasteiger partial charge >= 0.3 is 0 Å². The summed E-state index contributed by atoms with van der Waals surface area (Å²) in [4.78, 5) is 2.41. The van der Waals surface area contributed by atoms with Gasteiger partial charge in [-0.2, -0.15) is 0 Å². The molecule has 0 aromatic rings. The van der Waals surface area contributed by atoms with Crippen LogP contribution in [-0.2, 0) is 0 Å². The van der Waals surface area contributed by atoms with Crippen molar-refractivity contribution in [2.45, 2.75) is 38.8 Å². The van der Waals surface area contributed by atoms with Gasteiger partial charge in [-0.25, -0.2) is 0 Å². The Morgan fingerprint density at radius 3 is 2.62 bits per heavy atom. The van der Waals surface area contributed by atoms with Crippen molar-refractivity contribution >= 4 is 0 Å². The Balaban J connectivity index is 2.09. The first kappa shape index (κ1) is 10.7.